The molecular weight excluding hydrogens is 428 g/mol. The van der Waals surface area contributed by atoms with Gasteiger partial charge in [0, 0.05) is 12.0 Å². The summed E-state index contributed by atoms with van der Waals surface area (Å²) in [6, 6.07) is 0.982. The summed E-state index contributed by atoms with van der Waals surface area (Å²) in [4.78, 5) is 11.8. The Morgan fingerprint density at radius 3 is 1.70 bits per heavy atom. The number of carbonyl (C=O) groups is 1. The second-order valence-electron chi connectivity index (χ2n) is 11.7. The third-order valence-corrected chi connectivity index (χ3v) is 14.0. The van der Waals surface area contributed by atoms with E-state index >= 15 is 0 Å². The molecule has 0 saturated carbocycles. The van der Waals surface area contributed by atoms with Crippen molar-refractivity contribution in [2.24, 2.45) is 0 Å². The van der Waals surface area contributed by atoms with E-state index in [1.54, 1.807) is 6.92 Å². The molecule has 0 spiro atoms. The molecule has 0 atom stereocenters. The molecule has 0 aromatic rings. The van der Waals surface area contributed by atoms with Crippen LogP contribution in [-0.4, -0.2) is 49.0 Å². The van der Waals surface area contributed by atoms with Gasteiger partial charge in [-0.15, -0.1) is 0 Å². The first kappa shape index (κ1) is 29.7. The second-order valence-corrected chi connectivity index (χ2v) is 24.6. The van der Waals surface area contributed by atoms with Crippen molar-refractivity contribution in [1.82, 2.24) is 0 Å². The predicted molar refractivity (Wildman–Crippen MR) is 134 cm³/mol. The summed E-state index contributed by atoms with van der Waals surface area (Å²) in [5.41, 5.74) is -0.409. The van der Waals surface area contributed by atoms with E-state index in [9.17, 15) is 4.79 Å². The molecule has 0 amide bonds. The molecule has 0 unspecified atom stereocenters. The minimum absolute atomic E-state index is 0.248. The van der Waals surface area contributed by atoms with Crippen molar-refractivity contribution in [2.45, 2.75) is 117 Å². The maximum atomic E-state index is 11.8. The van der Waals surface area contributed by atoms with Gasteiger partial charge in [-0.1, -0.05) is 6.58 Å². The molecular formula is C22H48O5Si3. The minimum atomic E-state index is -2.21. The monoisotopic (exact) mass is 476 g/mol. The van der Waals surface area contributed by atoms with Crippen molar-refractivity contribution in [3.05, 3.63) is 12.2 Å². The molecule has 5 nitrogen and oxygen atoms in total. The van der Waals surface area contributed by atoms with Crippen molar-refractivity contribution in [1.29, 1.82) is 0 Å². The van der Waals surface area contributed by atoms with E-state index in [2.05, 4.69) is 66.3 Å². The van der Waals surface area contributed by atoms with Crippen LogP contribution in [0.2, 0.25) is 51.9 Å². The van der Waals surface area contributed by atoms with Gasteiger partial charge in [0.2, 0.25) is 0 Å². The smallest absolute Gasteiger partial charge is 0.333 e. The van der Waals surface area contributed by atoms with Crippen molar-refractivity contribution in [3.8, 4) is 0 Å². The summed E-state index contributed by atoms with van der Waals surface area (Å²) in [6.07, 6.45) is 2.59. The molecule has 30 heavy (non-hydrogen) atoms. The number of ether oxygens (including phenoxy) is 2. The quantitative estimate of drug-likeness (QED) is 0.160. The lowest BCUT2D eigenvalue weighted by Crippen LogP contribution is -2.52. The molecule has 0 fully saturated rings. The van der Waals surface area contributed by atoms with Gasteiger partial charge in [0.15, 0.2) is 16.6 Å². The van der Waals surface area contributed by atoms with Gasteiger partial charge < -0.3 is 17.7 Å². The first-order valence-electron chi connectivity index (χ1n) is 11.1. The Kier molecular flexibility index (Phi) is 11.0. The van der Waals surface area contributed by atoms with Crippen molar-refractivity contribution in [3.63, 3.8) is 0 Å². The van der Waals surface area contributed by atoms with Crippen LogP contribution >= 0.6 is 0 Å². The van der Waals surface area contributed by atoms with Crippen LogP contribution in [-0.2, 0) is 22.5 Å². The molecule has 0 aromatic carbocycles. The third-order valence-electron chi connectivity index (χ3n) is 4.37. The molecule has 0 saturated heterocycles. The van der Waals surface area contributed by atoms with E-state index in [-0.39, 0.29) is 11.6 Å². The molecule has 0 aliphatic rings. The zero-order valence-electron chi connectivity index (χ0n) is 21.8. The van der Waals surface area contributed by atoms with E-state index in [1.807, 2.05) is 13.8 Å². The first-order valence-corrected chi connectivity index (χ1v) is 20.4. The SMILES string of the molecule is C=C(C)C(=O)OC(C)(C)CCOC(C)(C)CCC[Si](C)(O[Si](C)(C)C)O[Si](C)(C)C. The lowest BCUT2D eigenvalue weighted by atomic mass is 10.0. The van der Waals surface area contributed by atoms with Gasteiger partial charge in [-0.25, -0.2) is 4.79 Å². The molecule has 0 aromatic heterocycles. The fraction of sp³-hybridized carbons (Fsp3) is 0.864. The summed E-state index contributed by atoms with van der Waals surface area (Å²) in [6.45, 7) is 29.5. The van der Waals surface area contributed by atoms with Gasteiger partial charge in [0.05, 0.1) is 12.2 Å². The highest BCUT2D eigenvalue weighted by molar-refractivity contribution is 6.87. The summed E-state index contributed by atoms with van der Waals surface area (Å²) in [5.74, 6) is -0.353. The minimum Gasteiger partial charge on any atom is -0.456 e. The van der Waals surface area contributed by atoms with E-state index in [1.165, 1.54) is 0 Å². The van der Waals surface area contributed by atoms with Crippen molar-refractivity contribution < 1.29 is 22.5 Å². The lowest BCUT2D eigenvalue weighted by Gasteiger charge is -2.39. The second kappa shape index (κ2) is 11.0. The number of rotatable bonds is 14. The van der Waals surface area contributed by atoms with Crippen LogP contribution in [0.5, 0.6) is 0 Å². The maximum absolute atomic E-state index is 11.8. The largest absolute Gasteiger partial charge is 0.456 e. The zero-order valence-corrected chi connectivity index (χ0v) is 24.8. The maximum Gasteiger partial charge on any atom is 0.333 e. The fourth-order valence-electron chi connectivity index (χ4n) is 3.29. The standard InChI is InChI=1S/C22H48O5Si3/c1-19(2)20(23)25-22(5,6)16-17-24-21(3,4)15-14-18-30(13,26-28(7,8)9)27-29(10,11)12/h1,14-18H2,2-13H3. The van der Waals surface area contributed by atoms with E-state index < -0.39 is 30.8 Å². The average molecular weight is 477 g/mol. The summed E-state index contributed by atoms with van der Waals surface area (Å²) < 4.78 is 24.8. The topological polar surface area (TPSA) is 54.0 Å². The molecule has 178 valence electrons. The Labute approximate surface area is 189 Å². The Bertz CT molecular complexity index is 558. The summed E-state index contributed by atoms with van der Waals surface area (Å²) in [7, 11) is -5.55. The summed E-state index contributed by atoms with van der Waals surface area (Å²) in [5, 5.41) is 0. The molecule has 0 aliphatic carbocycles. The van der Waals surface area contributed by atoms with Crippen LogP contribution in [0.1, 0.15) is 53.9 Å². The first-order chi connectivity index (χ1) is 13.2. The molecule has 0 heterocycles. The van der Waals surface area contributed by atoms with E-state index in [0.29, 0.717) is 18.6 Å². The number of esters is 1. The van der Waals surface area contributed by atoms with Gasteiger partial charge in [-0.05, 0) is 99.3 Å². The van der Waals surface area contributed by atoms with Crippen LogP contribution < -0.4 is 0 Å². The number of hydrogen-bond donors (Lipinski definition) is 0. The van der Waals surface area contributed by atoms with Gasteiger partial charge >= 0.3 is 14.5 Å². The molecule has 8 heteroatoms. The Morgan fingerprint density at radius 2 is 1.30 bits per heavy atom. The van der Waals surface area contributed by atoms with Crippen LogP contribution in [0.3, 0.4) is 0 Å². The molecule has 0 aliphatic heterocycles. The molecule has 0 N–H and O–H groups in total. The predicted octanol–water partition coefficient (Wildman–Crippen LogP) is 6.62. The van der Waals surface area contributed by atoms with Crippen molar-refractivity contribution >= 4 is 31.2 Å². The van der Waals surface area contributed by atoms with E-state index in [0.717, 1.165) is 18.9 Å². The fourth-order valence-corrected chi connectivity index (χ4v) is 15.8. The Balaban J connectivity index is 4.70. The third kappa shape index (κ3) is 14.7. The zero-order chi connectivity index (χ0) is 24.0. The average Bonchev–Trinajstić information content (AvgIpc) is 2.40. The van der Waals surface area contributed by atoms with Gasteiger partial charge in [-0.3, -0.25) is 0 Å². The highest BCUT2D eigenvalue weighted by Gasteiger charge is 2.40. The van der Waals surface area contributed by atoms with Crippen LogP contribution in [0.4, 0.5) is 0 Å². The lowest BCUT2D eigenvalue weighted by molar-refractivity contribution is -0.154. The van der Waals surface area contributed by atoms with Gasteiger partial charge in [-0.2, -0.15) is 0 Å². The Hall–Kier alpha value is -0.259. The number of hydrogen-bond acceptors (Lipinski definition) is 5. The van der Waals surface area contributed by atoms with Crippen LogP contribution in [0.15, 0.2) is 12.2 Å². The molecule has 0 bridgehead atoms. The summed E-state index contributed by atoms with van der Waals surface area (Å²) >= 11 is 0. The molecule has 0 rings (SSSR count). The highest BCUT2D eigenvalue weighted by atomic mass is 28.5. The number of carbonyl (C=O) groups excluding carboxylic acids is 1. The Morgan fingerprint density at radius 1 is 0.833 bits per heavy atom. The van der Waals surface area contributed by atoms with Crippen LogP contribution in [0.25, 0.3) is 0 Å². The van der Waals surface area contributed by atoms with Crippen molar-refractivity contribution in [2.75, 3.05) is 6.61 Å². The normalized spacial score (nSPS) is 14.0. The van der Waals surface area contributed by atoms with E-state index in [4.69, 9.17) is 17.7 Å². The highest BCUT2D eigenvalue weighted by Crippen LogP contribution is 2.29. The van der Waals surface area contributed by atoms with Crippen LogP contribution in [0, 0.1) is 0 Å². The van der Waals surface area contributed by atoms with Gasteiger partial charge in [0.1, 0.15) is 5.60 Å². The van der Waals surface area contributed by atoms with Gasteiger partial charge in [0.25, 0.3) is 0 Å². The molecule has 0 radical (unpaired) electrons.